The minimum atomic E-state index is -0.663. The van der Waals surface area contributed by atoms with Crippen LogP contribution in [-0.2, 0) is 11.2 Å². The average molecular weight is 327 g/mol. The van der Waals surface area contributed by atoms with Gasteiger partial charge in [-0.15, -0.1) is 0 Å². The molecule has 1 unspecified atom stereocenters. The van der Waals surface area contributed by atoms with Crippen molar-refractivity contribution in [3.05, 3.63) is 38.7 Å². The van der Waals surface area contributed by atoms with Crippen molar-refractivity contribution < 1.29 is 14.1 Å². The second-order valence-corrected chi connectivity index (χ2v) is 5.11. The van der Waals surface area contributed by atoms with Crippen molar-refractivity contribution in [2.24, 2.45) is 0 Å². The predicted molar refractivity (Wildman–Crippen MR) is 66.4 cm³/mol. The van der Waals surface area contributed by atoms with Crippen LogP contribution in [0.15, 0.2) is 12.1 Å². The van der Waals surface area contributed by atoms with Crippen molar-refractivity contribution >= 4 is 33.2 Å². The maximum Gasteiger partial charge on any atom is 0.274 e. The number of hydrogen-bond acceptors (Lipinski definition) is 3. The first-order chi connectivity index (χ1) is 7.95. The molecule has 1 atom stereocenters. The highest BCUT2D eigenvalue weighted by atomic mass is 79.9. The van der Waals surface area contributed by atoms with Crippen molar-refractivity contribution in [2.45, 2.75) is 11.2 Å². The summed E-state index contributed by atoms with van der Waals surface area (Å²) in [6.07, 6.45) is 0.290. The van der Waals surface area contributed by atoms with E-state index in [1.807, 2.05) is 0 Å². The van der Waals surface area contributed by atoms with E-state index in [0.29, 0.717) is 6.61 Å². The predicted octanol–water partition coefficient (Wildman–Crippen LogP) is 3.34. The maximum absolute atomic E-state index is 13.3. The molecular formula is C10H10BrClFNO3. The fourth-order valence-corrected chi connectivity index (χ4v) is 2.16. The Hall–Kier alpha value is -0.720. The normalized spacial score (nSPS) is 12.5. The molecule has 0 aliphatic carbocycles. The molecule has 1 aromatic carbocycles. The maximum atomic E-state index is 13.3. The molecular weight excluding hydrogens is 316 g/mol. The van der Waals surface area contributed by atoms with Gasteiger partial charge >= 0.3 is 0 Å². The van der Waals surface area contributed by atoms with E-state index in [1.165, 1.54) is 7.11 Å². The van der Waals surface area contributed by atoms with Gasteiger partial charge in [-0.1, -0.05) is 27.5 Å². The van der Waals surface area contributed by atoms with Gasteiger partial charge in [-0.3, -0.25) is 10.1 Å². The van der Waals surface area contributed by atoms with Crippen LogP contribution in [0.1, 0.15) is 5.56 Å². The van der Waals surface area contributed by atoms with Crippen LogP contribution in [-0.4, -0.2) is 23.5 Å². The van der Waals surface area contributed by atoms with E-state index in [4.69, 9.17) is 16.3 Å². The van der Waals surface area contributed by atoms with E-state index < -0.39 is 10.7 Å². The number of ether oxygens (including phenoxy) is 1. The quantitative estimate of drug-likeness (QED) is 0.474. The molecule has 17 heavy (non-hydrogen) atoms. The highest BCUT2D eigenvalue weighted by Crippen LogP contribution is 2.28. The van der Waals surface area contributed by atoms with Crippen molar-refractivity contribution in [2.75, 3.05) is 13.7 Å². The number of benzene rings is 1. The van der Waals surface area contributed by atoms with Gasteiger partial charge in [-0.2, -0.15) is 0 Å². The van der Waals surface area contributed by atoms with Gasteiger partial charge in [-0.25, -0.2) is 4.39 Å². The number of hydrogen-bond donors (Lipinski definition) is 0. The van der Waals surface area contributed by atoms with Crippen LogP contribution in [0.25, 0.3) is 0 Å². The molecule has 0 spiro atoms. The Labute approximate surface area is 111 Å². The lowest BCUT2D eigenvalue weighted by Gasteiger charge is -2.09. The number of methoxy groups -OCH3 is 1. The van der Waals surface area contributed by atoms with Gasteiger partial charge < -0.3 is 4.74 Å². The van der Waals surface area contributed by atoms with E-state index >= 15 is 0 Å². The van der Waals surface area contributed by atoms with Crippen LogP contribution in [0.5, 0.6) is 0 Å². The molecule has 0 amide bonds. The molecule has 94 valence electrons. The smallest absolute Gasteiger partial charge is 0.274 e. The van der Waals surface area contributed by atoms with E-state index in [-0.39, 0.29) is 27.5 Å². The van der Waals surface area contributed by atoms with Crippen LogP contribution in [0.4, 0.5) is 10.1 Å². The summed E-state index contributed by atoms with van der Waals surface area (Å²) in [5, 5.41) is 10.6. The SMILES string of the molecule is COCC(Br)Cc1cc(F)c(Cl)cc1[N+](=O)[O-]. The van der Waals surface area contributed by atoms with Gasteiger partial charge in [0.1, 0.15) is 5.82 Å². The van der Waals surface area contributed by atoms with Crippen molar-refractivity contribution in [3.8, 4) is 0 Å². The lowest BCUT2D eigenvalue weighted by Crippen LogP contribution is -2.11. The van der Waals surface area contributed by atoms with Crippen LogP contribution in [0, 0.1) is 15.9 Å². The zero-order valence-electron chi connectivity index (χ0n) is 8.95. The Morgan fingerprint density at radius 2 is 2.29 bits per heavy atom. The zero-order valence-corrected chi connectivity index (χ0v) is 11.3. The molecule has 4 nitrogen and oxygen atoms in total. The van der Waals surface area contributed by atoms with Crippen LogP contribution >= 0.6 is 27.5 Å². The molecule has 0 radical (unpaired) electrons. The molecule has 0 N–H and O–H groups in total. The molecule has 1 aromatic rings. The van der Waals surface area contributed by atoms with Crippen LogP contribution < -0.4 is 0 Å². The standard InChI is InChI=1S/C10H10BrClFNO3/c1-17-5-7(11)2-6-3-9(13)8(12)4-10(6)14(15)16/h3-4,7H,2,5H2,1H3. The third-order valence-corrected chi connectivity index (χ3v) is 2.98. The third-order valence-electron chi connectivity index (χ3n) is 2.11. The molecule has 0 saturated carbocycles. The summed E-state index contributed by atoms with van der Waals surface area (Å²) < 4.78 is 18.2. The summed E-state index contributed by atoms with van der Waals surface area (Å²) in [4.78, 5) is 10.1. The summed E-state index contributed by atoms with van der Waals surface area (Å²) in [5.74, 6) is -0.663. The van der Waals surface area contributed by atoms with Crippen molar-refractivity contribution in [1.29, 1.82) is 0 Å². The number of nitro benzene ring substituents is 1. The Morgan fingerprint density at radius 1 is 1.65 bits per heavy atom. The Kier molecular flexibility index (Phi) is 5.30. The summed E-state index contributed by atoms with van der Waals surface area (Å²) in [6.45, 7) is 0.376. The van der Waals surface area contributed by atoms with Gasteiger partial charge in [0.15, 0.2) is 0 Å². The monoisotopic (exact) mass is 325 g/mol. The number of rotatable bonds is 5. The summed E-state index contributed by atoms with van der Waals surface area (Å²) >= 11 is 8.81. The van der Waals surface area contributed by atoms with Gasteiger partial charge in [0.25, 0.3) is 5.69 Å². The topological polar surface area (TPSA) is 52.4 Å². The zero-order chi connectivity index (χ0) is 13.0. The summed E-state index contributed by atoms with van der Waals surface area (Å²) in [5.41, 5.74) is 0.104. The number of alkyl halides is 1. The van der Waals surface area contributed by atoms with Crippen LogP contribution in [0.3, 0.4) is 0 Å². The number of nitro groups is 1. The van der Waals surface area contributed by atoms with Gasteiger partial charge in [0, 0.05) is 23.6 Å². The molecule has 0 bridgehead atoms. The Morgan fingerprint density at radius 3 is 2.82 bits per heavy atom. The molecule has 0 aliphatic heterocycles. The van der Waals surface area contributed by atoms with Gasteiger partial charge in [-0.05, 0) is 12.5 Å². The van der Waals surface area contributed by atoms with Gasteiger partial charge in [0.05, 0.1) is 16.6 Å². The molecule has 0 aromatic heterocycles. The van der Waals surface area contributed by atoms with Crippen molar-refractivity contribution in [1.82, 2.24) is 0 Å². The van der Waals surface area contributed by atoms with Crippen LogP contribution in [0.2, 0.25) is 5.02 Å². The van der Waals surface area contributed by atoms with Gasteiger partial charge in [0.2, 0.25) is 0 Å². The van der Waals surface area contributed by atoms with E-state index in [1.54, 1.807) is 0 Å². The summed E-state index contributed by atoms with van der Waals surface area (Å²) in [7, 11) is 1.52. The molecule has 0 heterocycles. The highest BCUT2D eigenvalue weighted by Gasteiger charge is 2.19. The largest absolute Gasteiger partial charge is 0.384 e. The Balaban J connectivity index is 3.04. The average Bonchev–Trinajstić information content (AvgIpc) is 2.23. The molecule has 7 heteroatoms. The van der Waals surface area contributed by atoms with Crippen molar-refractivity contribution in [3.63, 3.8) is 0 Å². The minimum absolute atomic E-state index is 0.119. The highest BCUT2D eigenvalue weighted by molar-refractivity contribution is 9.09. The second kappa shape index (κ2) is 6.28. The van der Waals surface area contributed by atoms with E-state index in [2.05, 4.69) is 15.9 Å². The summed E-state index contributed by atoms with van der Waals surface area (Å²) in [6, 6.07) is 2.11. The van der Waals surface area contributed by atoms with E-state index in [9.17, 15) is 14.5 Å². The molecule has 1 rings (SSSR count). The molecule has 0 fully saturated rings. The first-order valence-corrected chi connectivity index (χ1v) is 6.00. The lowest BCUT2D eigenvalue weighted by atomic mass is 10.1. The minimum Gasteiger partial charge on any atom is -0.384 e. The first kappa shape index (κ1) is 14.3. The lowest BCUT2D eigenvalue weighted by molar-refractivity contribution is -0.385. The number of nitrogens with zero attached hydrogens (tertiary/aromatic N) is 1. The van der Waals surface area contributed by atoms with E-state index in [0.717, 1.165) is 12.1 Å². The fraction of sp³-hybridized carbons (Fsp3) is 0.400. The number of halogens is 3. The molecule has 0 saturated heterocycles. The Bertz CT molecular complexity index is 430. The first-order valence-electron chi connectivity index (χ1n) is 4.71. The molecule has 0 aliphatic rings. The second-order valence-electron chi connectivity index (χ2n) is 3.41. The fourth-order valence-electron chi connectivity index (χ4n) is 1.39. The third kappa shape index (κ3) is 3.90.